The van der Waals surface area contributed by atoms with E-state index in [1.807, 2.05) is 24.1 Å². The van der Waals surface area contributed by atoms with Crippen molar-refractivity contribution in [1.29, 1.82) is 0 Å². The molecule has 1 saturated carbocycles. The quantitative estimate of drug-likeness (QED) is 0.737. The molecule has 2 aliphatic rings. The van der Waals surface area contributed by atoms with Gasteiger partial charge in [-0.3, -0.25) is 4.79 Å². The van der Waals surface area contributed by atoms with Gasteiger partial charge >= 0.3 is 0 Å². The SMILES string of the molecule is CN1CCN(C(=O)C2CCC2)c2cccnc21. The minimum Gasteiger partial charge on any atom is -0.356 e. The molecule has 2 heterocycles. The number of aromatic nitrogens is 1. The molecule has 90 valence electrons. The Morgan fingerprint density at radius 1 is 1.41 bits per heavy atom. The number of carbonyl (C=O) groups excluding carboxylic acids is 1. The van der Waals surface area contributed by atoms with Gasteiger partial charge in [0.15, 0.2) is 5.82 Å². The molecular weight excluding hydrogens is 214 g/mol. The van der Waals surface area contributed by atoms with Gasteiger partial charge in [-0.1, -0.05) is 6.42 Å². The first kappa shape index (κ1) is 10.6. The van der Waals surface area contributed by atoms with Gasteiger partial charge in [-0.2, -0.15) is 0 Å². The molecule has 0 spiro atoms. The van der Waals surface area contributed by atoms with Crippen LogP contribution in [0.2, 0.25) is 0 Å². The highest BCUT2D eigenvalue weighted by atomic mass is 16.2. The largest absolute Gasteiger partial charge is 0.356 e. The predicted octanol–water partition coefficient (Wildman–Crippen LogP) is 1.66. The number of rotatable bonds is 1. The van der Waals surface area contributed by atoms with Crippen LogP contribution in [-0.2, 0) is 4.79 Å². The number of nitrogens with zero attached hydrogens (tertiary/aromatic N) is 3. The molecular formula is C13H17N3O. The van der Waals surface area contributed by atoms with Crippen LogP contribution in [0.4, 0.5) is 11.5 Å². The van der Waals surface area contributed by atoms with Gasteiger partial charge in [0.1, 0.15) is 0 Å². The fourth-order valence-corrected chi connectivity index (χ4v) is 2.47. The number of hydrogen-bond acceptors (Lipinski definition) is 3. The van der Waals surface area contributed by atoms with E-state index in [9.17, 15) is 4.79 Å². The van der Waals surface area contributed by atoms with Gasteiger partial charge < -0.3 is 9.80 Å². The van der Waals surface area contributed by atoms with Crippen molar-refractivity contribution in [3.05, 3.63) is 18.3 Å². The Kier molecular flexibility index (Phi) is 2.50. The van der Waals surface area contributed by atoms with E-state index >= 15 is 0 Å². The zero-order valence-corrected chi connectivity index (χ0v) is 10.1. The lowest BCUT2D eigenvalue weighted by Gasteiger charge is -2.38. The van der Waals surface area contributed by atoms with Crippen LogP contribution in [-0.4, -0.2) is 31.0 Å². The molecule has 1 aromatic rings. The van der Waals surface area contributed by atoms with E-state index in [0.29, 0.717) is 5.91 Å². The van der Waals surface area contributed by atoms with Crippen molar-refractivity contribution >= 4 is 17.4 Å². The van der Waals surface area contributed by atoms with Crippen molar-refractivity contribution in [3.8, 4) is 0 Å². The van der Waals surface area contributed by atoms with Crippen molar-refractivity contribution in [2.24, 2.45) is 5.92 Å². The lowest BCUT2D eigenvalue weighted by atomic mass is 9.84. The molecule has 0 saturated heterocycles. The molecule has 0 N–H and O–H groups in total. The maximum atomic E-state index is 12.3. The van der Waals surface area contributed by atoms with Gasteiger partial charge in [-0.05, 0) is 25.0 Å². The first-order chi connectivity index (χ1) is 8.27. The number of anilines is 2. The fourth-order valence-electron chi connectivity index (χ4n) is 2.47. The summed E-state index contributed by atoms with van der Waals surface area (Å²) in [5.41, 5.74) is 0.971. The number of hydrogen-bond donors (Lipinski definition) is 0. The fraction of sp³-hybridized carbons (Fsp3) is 0.538. The molecule has 4 nitrogen and oxygen atoms in total. The summed E-state index contributed by atoms with van der Waals surface area (Å²) in [5, 5.41) is 0. The average Bonchev–Trinajstić information content (AvgIpc) is 2.27. The van der Waals surface area contributed by atoms with Crippen molar-refractivity contribution in [2.75, 3.05) is 29.9 Å². The Hall–Kier alpha value is -1.58. The first-order valence-corrected chi connectivity index (χ1v) is 6.25. The van der Waals surface area contributed by atoms with Crippen molar-refractivity contribution in [1.82, 2.24) is 4.98 Å². The second kappa shape index (κ2) is 4.02. The third-order valence-corrected chi connectivity index (χ3v) is 3.80. The van der Waals surface area contributed by atoms with Gasteiger partial charge in [-0.15, -0.1) is 0 Å². The smallest absolute Gasteiger partial charge is 0.230 e. The lowest BCUT2D eigenvalue weighted by Crippen LogP contribution is -2.46. The molecule has 4 heteroatoms. The number of pyridine rings is 1. The second-order valence-electron chi connectivity index (χ2n) is 4.89. The summed E-state index contributed by atoms with van der Waals surface area (Å²) in [7, 11) is 2.02. The minimum absolute atomic E-state index is 0.256. The van der Waals surface area contributed by atoms with E-state index in [2.05, 4.69) is 9.88 Å². The van der Waals surface area contributed by atoms with Gasteiger partial charge in [0.2, 0.25) is 5.91 Å². The van der Waals surface area contributed by atoms with Crippen molar-refractivity contribution in [2.45, 2.75) is 19.3 Å². The third kappa shape index (κ3) is 1.68. The standard InChI is InChI=1S/C13H17N3O/c1-15-8-9-16(13(17)10-4-2-5-10)11-6-3-7-14-12(11)15/h3,6-7,10H,2,4-5,8-9H2,1H3. The lowest BCUT2D eigenvalue weighted by molar-refractivity contribution is -0.124. The van der Waals surface area contributed by atoms with Crippen molar-refractivity contribution in [3.63, 3.8) is 0 Å². The number of fused-ring (bicyclic) bond motifs is 1. The topological polar surface area (TPSA) is 36.4 Å². The average molecular weight is 231 g/mol. The Morgan fingerprint density at radius 3 is 2.94 bits per heavy atom. The van der Waals surface area contributed by atoms with Crippen LogP contribution in [0.5, 0.6) is 0 Å². The van der Waals surface area contributed by atoms with E-state index in [1.54, 1.807) is 6.20 Å². The Balaban J connectivity index is 1.92. The molecule has 0 radical (unpaired) electrons. The third-order valence-electron chi connectivity index (χ3n) is 3.80. The zero-order chi connectivity index (χ0) is 11.8. The molecule has 0 atom stereocenters. The summed E-state index contributed by atoms with van der Waals surface area (Å²) in [4.78, 5) is 20.7. The summed E-state index contributed by atoms with van der Waals surface area (Å²) in [5.74, 6) is 1.47. The molecule has 0 bridgehead atoms. The highest BCUT2D eigenvalue weighted by molar-refractivity contribution is 5.98. The zero-order valence-electron chi connectivity index (χ0n) is 10.1. The van der Waals surface area contributed by atoms with E-state index in [-0.39, 0.29) is 5.92 Å². The molecule has 17 heavy (non-hydrogen) atoms. The van der Waals surface area contributed by atoms with Gasteiger partial charge in [0.05, 0.1) is 5.69 Å². The van der Waals surface area contributed by atoms with Gasteiger partial charge in [-0.25, -0.2) is 4.98 Å². The van der Waals surface area contributed by atoms with Gasteiger partial charge in [0.25, 0.3) is 0 Å². The molecule has 0 unspecified atom stereocenters. The number of likely N-dealkylation sites (N-methyl/N-ethyl adjacent to an activating group) is 1. The van der Waals surface area contributed by atoms with E-state index < -0.39 is 0 Å². The Bertz CT molecular complexity index is 442. The van der Waals surface area contributed by atoms with Crippen molar-refractivity contribution < 1.29 is 4.79 Å². The minimum atomic E-state index is 0.256. The summed E-state index contributed by atoms with van der Waals surface area (Å²) in [6.45, 7) is 1.65. The van der Waals surface area contributed by atoms with E-state index in [1.165, 1.54) is 6.42 Å². The summed E-state index contributed by atoms with van der Waals surface area (Å²) < 4.78 is 0. The monoisotopic (exact) mass is 231 g/mol. The van der Waals surface area contributed by atoms with E-state index in [4.69, 9.17) is 0 Å². The Morgan fingerprint density at radius 2 is 2.24 bits per heavy atom. The molecule has 1 fully saturated rings. The molecule has 1 amide bonds. The maximum absolute atomic E-state index is 12.3. The van der Waals surface area contributed by atoms with Crippen LogP contribution in [0.1, 0.15) is 19.3 Å². The van der Waals surface area contributed by atoms with Crippen LogP contribution < -0.4 is 9.80 Å². The molecule has 1 aromatic heterocycles. The van der Waals surface area contributed by atoms with Crippen LogP contribution >= 0.6 is 0 Å². The second-order valence-corrected chi connectivity index (χ2v) is 4.89. The molecule has 1 aliphatic carbocycles. The Labute approximate surface area is 101 Å². The highest BCUT2D eigenvalue weighted by Gasteiger charge is 2.33. The van der Waals surface area contributed by atoms with Crippen LogP contribution in [0, 0.1) is 5.92 Å². The predicted molar refractivity (Wildman–Crippen MR) is 67.2 cm³/mol. The van der Waals surface area contributed by atoms with Crippen LogP contribution in [0.25, 0.3) is 0 Å². The normalized spacial score (nSPS) is 19.8. The maximum Gasteiger partial charge on any atom is 0.230 e. The van der Waals surface area contributed by atoms with Crippen LogP contribution in [0.3, 0.4) is 0 Å². The first-order valence-electron chi connectivity index (χ1n) is 6.25. The molecule has 1 aliphatic heterocycles. The highest BCUT2D eigenvalue weighted by Crippen LogP contribution is 2.34. The van der Waals surface area contributed by atoms with Gasteiger partial charge in [0, 0.05) is 32.3 Å². The van der Waals surface area contributed by atoms with Crippen LogP contribution in [0.15, 0.2) is 18.3 Å². The molecule has 3 rings (SSSR count). The number of carbonyl (C=O) groups is 1. The molecule has 0 aromatic carbocycles. The summed E-state index contributed by atoms with van der Waals surface area (Å²) in [6.07, 6.45) is 5.10. The summed E-state index contributed by atoms with van der Waals surface area (Å²) in [6, 6.07) is 3.90. The summed E-state index contributed by atoms with van der Waals surface area (Å²) >= 11 is 0. The number of amides is 1. The van der Waals surface area contributed by atoms with E-state index in [0.717, 1.165) is 37.4 Å².